The zero-order valence-corrected chi connectivity index (χ0v) is 9.98. The van der Waals surface area contributed by atoms with Crippen LogP contribution in [0.2, 0.25) is 0 Å². The number of aromatic amines is 1. The minimum absolute atomic E-state index is 0.496. The second-order valence-corrected chi connectivity index (χ2v) is 4.50. The second kappa shape index (κ2) is 4.47. The van der Waals surface area contributed by atoms with Gasteiger partial charge in [0.25, 0.3) is 0 Å². The lowest BCUT2D eigenvalue weighted by Crippen LogP contribution is -1.89. The Balaban J connectivity index is 1.99. The number of H-pyrrole nitrogens is 1. The fourth-order valence-electron chi connectivity index (χ4n) is 1.55. The fraction of sp³-hybridized carbons (Fsp3) is 0. The number of imidazole rings is 1. The summed E-state index contributed by atoms with van der Waals surface area (Å²) in [4.78, 5) is 7.58. The van der Waals surface area contributed by atoms with Crippen molar-refractivity contribution in [3.05, 3.63) is 42.1 Å². The average molecular weight is 253 g/mol. The Hall–Kier alpha value is -2.39. The van der Waals surface area contributed by atoms with E-state index in [1.54, 1.807) is 6.07 Å². The molecule has 2 heterocycles. The first-order valence-corrected chi connectivity index (χ1v) is 6.03. The predicted molar refractivity (Wildman–Crippen MR) is 67.0 cm³/mol. The van der Waals surface area contributed by atoms with Gasteiger partial charge in [0.1, 0.15) is 11.1 Å². The quantitative estimate of drug-likeness (QED) is 0.758. The van der Waals surface area contributed by atoms with Crippen LogP contribution >= 0.6 is 11.8 Å². The van der Waals surface area contributed by atoms with Crippen molar-refractivity contribution in [3.8, 4) is 6.07 Å². The summed E-state index contributed by atoms with van der Waals surface area (Å²) in [5.41, 5.74) is 2.35. The van der Waals surface area contributed by atoms with Gasteiger partial charge in [0, 0.05) is 0 Å². The molecule has 0 aliphatic heterocycles. The van der Waals surface area contributed by atoms with Gasteiger partial charge in [-0.05, 0) is 30.0 Å². The Morgan fingerprint density at radius 2 is 2.11 bits per heavy atom. The highest BCUT2D eigenvalue weighted by Crippen LogP contribution is 2.27. The molecule has 0 unspecified atom stereocenters. The molecule has 86 valence electrons. The molecule has 0 amide bonds. The first kappa shape index (κ1) is 10.7. The smallest absolute Gasteiger partial charge is 0.172 e. The van der Waals surface area contributed by atoms with Crippen LogP contribution in [0, 0.1) is 11.3 Å². The maximum atomic E-state index is 8.97. The zero-order chi connectivity index (χ0) is 12.4. The number of fused-ring (bicyclic) bond motifs is 1. The average Bonchev–Trinajstić information content (AvgIpc) is 2.81. The van der Waals surface area contributed by atoms with E-state index in [0.29, 0.717) is 15.7 Å². The second-order valence-electron chi connectivity index (χ2n) is 3.52. The van der Waals surface area contributed by atoms with Crippen molar-refractivity contribution >= 4 is 22.8 Å². The normalized spacial score (nSPS) is 10.4. The van der Waals surface area contributed by atoms with E-state index in [9.17, 15) is 0 Å². The van der Waals surface area contributed by atoms with Crippen molar-refractivity contribution in [2.24, 2.45) is 0 Å². The van der Waals surface area contributed by atoms with Crippen LogP contribution in [0.1, 0.15) is 5.56 Å². The third-order valence-electron chi connectivity index (χ3n) is 2.37. The number of nitrogens with one attached hydrogen (secondary N) is 1. The molecule has 0 saturated carbocycles. The molecule has 0 radical (unpaired) electrons. The highest BCUT2D eigenvalue weighted by atomic mass is 32.2. The minimum Gasteiger partial charge on any atom is -0.333 e. The van der Waals surface area contributed by atoms with Gasteiger partial charge < -0.3 is 4.98 Å². The van der Waals surface area contributed by atoms with Crippen LogP contribution in [0.5, 0.6) is 0 Å². The van der Waals surface area contributed by atoms with E-state index in [2.05, 4.69) is 26.2 Å². The molecule has 5 nitrogen and oxygen atoms in total. The van der Waals surface area contributed by atoms with Gasteiger partial charge in [0.05, 0.1) is 22.8 Å². The summed E-state index contributed by atoms with van der Waals surface area (Å²) in [6, 6.07) is 11.5. The Kier molecular flexibility index (Phi) is 2.67. The summed E-state index contributed by atoms with van der Waals surface area (Å²) >= 11 is 1.30. The number of nitrogens with zero attached hydrogens (tertiary/aromatic N) is 4. The van der Waals surface area contributed by atoms with Crippen molar-refractivity contribution in [1.29, 1.82) is 5.26 Å². The van der Waals surface area contributed by atoms with Gasteiger partial charge in [-0.2, -0.15) is 10.4 Å². The molecule has 1 aromatic carbocycles. The van der Waals surface area contributed by atoms with Crippen LogP contribution in [0.15, 0.2) is 46.7 Å². The lowest BCUT2D eigenvalue weighted by atomic mass is 10.3. The molecule has 0 atom stereocenters. The van der Waals surface area contributed by atoms with Crippen LogP contribution < -0.4 is 0 Å². The van der Waals surface area contributed by atoms with E-state index in [0.717, 1.165) is 11.0 Å². The molecule has 2 aromatic heterocycles. The summed E-state index contributed by atoms with van der Waals surface area (Å²) in [5.74, 6) is 0. The predicted octanol–water partition coefficient (Wildman–Crippen LogP) is 2.38. The Morgan fingerprint density at radius 1 is 1.22 bits per heavy atom. The van der Waals surface area contributed by atoms with Crippen LogP contribution in [0.25, 0.3) is 11.0 Å². The van der Waals surface area contributed by atoms with E-state index < -0.39 is 0 Å². The summed E-state index contributed by atoms with van der Waals surface area (Å²) in [6.07, 6.45) is 1.50. The largest absolute Gasteiger partial charge is 0.333 e. The van der Waals surface area contributed by atoms with Crippen molar-refractivity contribution in [2.75, 3.05) is 0 Å². The fourth-order valence-corrected chi connectivity index (χ4v) is 2.35. The summed E-state index contributed by atoms with van der Waals surface area (Å²) in [7, 11) is 0. The number of benzene rings is 1. The standard InChI is InChI=1S/C12H7N5S/c13-7-8-5-6-14-17-11(8)18-12-15-9-3-1-2-4-10(9)16-12/h1-6H,(H,15,16). The van der Waals surface area contributed by atoms with E-state index in [4.69, 9.17) is 5.26 Å². The van der Waals surface area contributed by atoms with Crippen molar-refractivity contribution in [1.82, 2.24) is 20.2 Å². The van der Waals surface area contributed by atoms with E-state index >= 15 is 0 Å². The summed E-state index contributed by atoms with van der Waals surface area (Å²) in [5, 5.41) is 18.0. The maximum absolute atomic E-state index is 8.97. The van der Waals surface area contributed by atoms with Crippen LogP contribution in [-0.4, -0.2) is 20.2 Å². The highest BCUT2D eigenvalue weighted by molar-refractivity contribution is 7.99. The molecule has 18 heavy (non-hydrogen) atoms. The summed E-state index contributed by atoms with van der Waals surface area (Å²) < 4.78 is 0. The molecule has 3 rings (SSSR count). The minimum atomic E-state index is 0.496. The lowest BCUT2D eigenvalue weighted by molar-refractivity contribution is 0.914. The van der Waals surface area contributed by atoms with Crippen molar-refractivity contribution in [3.63, 3.8) is 0 Å². The maximum Gasteiger partial charge on any atom is 0.172 e. The van der Waals surface area contributed by atoms with Crippen LogP contribution in [0.3, 0.4) is 0 Å². The third kappa shape index (κ3) is 1.92. The number of rotatable bonds is 2. The Bertz CT molecular complexity index is 710. The molecule has 6 heteroatoms. The SMILES string of the molecule is N#Cc1ccnnc1Sc1nc2ccccc2[nH]1. The highest BCUT2D eigenvalue weighted by Gasteiger charge is 2.09. The van der Waals surface area contributed by atoms with Gasteiger partial charge in [-0.1, -0.05) is 12.1 Å². The Labute approximate surface area is 107 Å². The first-order valence-electron chi connectivity index (χ1n) is 5.21. The van der Waals surface area contributed by atoms with Gasteiger partial charge in [0.15, 0.2) is 5.16 Å². The van der Waals surface area contributed by atoms with Crippen molar-refractivity contribution in [2.45, 2.75) is 10.2 Å². The molecule has 1 N–H and O–H groups in total. The third-order valence-corrected chi connectivity index (χ3v) is 3.25. The monoisotopic (exact) mass is 253 g/mol. The molecule has 0 aliphatic carbocycles. The van der Waals surface area contributed by atoms with Gasteiger partial charge in [-0.25, -0.2) is 4.98 Å². The van der Waals surface area contributed by atoms with Crippen molar-refractivity contribution < 1.29 is 0 Å². The molecule has 0 saturated heterocycles. The molecule has 0 fully saturated rings. The number of hydrogen-bond acceptors (Lipinski definition) is 5. The van der Waals surface area contributed by atoms with E-state index in [-0.39, 0.29) is 0 Å². The van der Waals surface area contributed by atoms with Gasteiger partial charge in [-0.15, -0.1) is 5.10 Å². The molecule has 0 spiro atoms. The molecule has 0 aliphatic rings. The first-order chi connectivity index (χ1) is 8.86. The summed E-state index contributed by atoms with van der Waals surface area (Å²) in [6.45, 7) is 0. The molecular weight excluding hydrogens is 246 g/mol. The van der Waals surface area contributed by atoms with E-state index in [1.165, 1.54) is 18.0 Å². The number of hydrogen-bond donors (Lipinski definition) is 1. The van der Waals surface area contributed by atoms with Gasteiger partial charge >= 0.3 is 0 Å². The van der Waals surface area contributed by atoms with Crippen LogP contribution in [-0.2, 0) is 0 Å². The number of para-hydroxylation sites is 2. The van der Waals surface area contributed by atoms with E-state index in [1.807, 2.05) is 24.3 Å². The zero-order valence-electron chi connectivity index (χ0n) is 9.16. The Morgan fingerprint density at radius 3 is 2.94 bits per heavy atom. The molecule has 0 bridgehead atoms. The lowest BCUT2D eigenvalue weighted by Gasteiger charge is -1.96. The van der Waals surface area contributed by atoms with Gasteiger partial charge in [0.2, 0.25) is 0 Å². The topological polar surface area (TPSA) is 78.2 Å². The molecule has 3 aromatic rings. The van der Waals surface area contributed by atoms with Crippen LogP contribution in [0.4, 0.5) is 0 Å². The molecular formula is C12H7N5S. The van der Waals surface area contributed by atoms with Gasteiger partial charge in [-0.3, -0.25) is 0 Å². The number of nitriles is 1. The number of aromatic nitrogens is 4.